The van der Waals surface area contributed by atoms with Crippen LogP contribution in [0, 0.1) is 30.9 Å². The van der Waals surface area contributed by atoms with Gasteiger partial charge >= 0.3 is 0 Å². The highest BCUT2D eigenvalue weighted by molar-refractivity contribution is 6.14. The summed E-state index contributed by atoms with van der Waals surface area (Å²) >= 11 is 0. The Bertz CT molecular complexity index is 1330. The third-order valence-corrected chi connectivity index (χ3v) is 5.35. The van der Waals surface area contributed by atoms with Crippen molar-refractivity contribution in [2.24, 2.45) is 0 Å². The van der Waals surface area contributed by atoms with Gasteiger partial charge in [-0.1, -0.05) is 54.1 Å². The van der Waals surface area contributed by atoms with E-state index in [0.717, 1.165) is 27.8 Å². The minimum atomic E-state index is -0.451. The Morgan fingerprint density at radius 3 is 2.39 bits per heavy atom. The van der Waals surface area contributed by atoms with Crippen molar-refractivity contribution >= 4 is 28.2 Å². The normalized spacial score (nSPS) is 10.8. The Hall–Kier alpha value is -4.06. The Morgan fingerprint density at radius 2 is 1.68 bits per heavy atom. The molecule has 1 heterocycles. The van der Waals surface area contributed by atoms with Gasteiger partial charge in [-0.05, 0) is 38.5 Å². The summed E-state index contributed by atoms with van der Waals surface area (Å²) in [6, 6.07) is 20.2. The van der Waals surface area contributed by atoms with Crippen LogP contribution >= 0.6 is 0 Å². The highest BCUT2D eigenvalue weighted by atomic mass is 16.6. The van der Waals surface area contributed by atoms with E-state index in [4.69, 9.17) is 4.98 Å². The number of carbonyl (C=O) groups excluding carboxylic acids is 1. The summed E-state index contributed by atoms with van der Waals surface area (Å²) in [7, 11) is 0. The Balaban J connectivity index is 1.83. The molecule has 1 aromatic heterocycles. The smallest absolute Gasteiger partial charge is 0.274 e. The number of nitro groups is 1. The van der Waals surface area contributed by atoms with E-state index in [1.807, 2.05) is 62.4 Å². The summed E-state index contributed by atoms with van der Waals surface area (Å²) in [5.74, 6) is -0.331. The number of pyridine rings is 1. The number of nitrogens with one attached hydrogen (secondary N) is 1. The van der Waals surface area contributed by atoms with Crippen LogP contribution < -0.4 is 5.32 Å². The summed E-state index contributed by atoms with van der Waals surface area (Å²) in [4.78, 5) is 29.0. The van der Waals surface area contributed by atoms with Gasteiger partial charge < -0.3 is 5.32 Å². The van der Waals surface area contributed by atoms with E-state index in [9.17, 15) is 14.9 Å². The molecule has 1 N–H and O–H groups in total. The third-order valence-electron chi connectivity index (χ3n) is 5.35. The molecule has 3 aromatic carbocycles. The molecule has 4 rings (SSSR count). The maximum atomic E-state index is 13.3. The maximum Gasteiger partial charge on any atom is 0.274 e. The van der Waals surface area contributed by atoms with Crippen molar-refractivity contribution in [3.8, 4) is 11.3 Å². The standard InChI is InChI=1S/C25H21N3O3/c1-15-8-11-18(12-9-15)24-17(3)23(20-6-4-5-7-21(20)27-24)25(29)26-19-13-10-16(2)22(14-19)28(30)31/h4-14H,1-3H3,(H,26,29). The Labute approximate surface area is 179 Å². The Morgan fingerprint density at radius 1 is 0.968 bits per heavy atom. The molecule has 31 heavy (non-hydrogen) atoms. The predicted octanol–water partition coefficient (Wildman–Crippen LogP) is 5.99. The molecule has 0 spiro atoms. The van der Waals surface area contributed by atoms with E-state index in [-0.39, 0.29) is 11.6 Å². The van der Waals surface area contributed by atoms with E-state index >= 15 is 0 Å². The van der Waals surface area contributed by atoms with E-state index in [2.05, 4.69) is 5.32 Å². The van der Waals surface area contributed by atoms with Crippen molar-refractivity contribution in [2.45, 2.75) is 20.8 Å². The molecule has 0 fully saturated rings. The van der Waals surface area contributed by atoms with Gasteiger partial charge in [-0.2, -0.15) is 0 Å². The third kappa shape index (κ3) is 3.88. The summed E-state index contributed by atoms with van der Waals surface area (Å²) in [5.41, 5.74) is 5.65. The lowest BCUT2D eigenvalue weighted by molar-refractivity contribution is -0.385. The molecule has 0 bridgehead atoms. The van der Waals surface area contributed by atoms with Crippen LogP contribution in [-0.4, -0.2) is 15.8 Å². The predicted molar refractivity (Wildman–Crippen MR) is 122 cm³/mol. The first-order valence-corrected chi connectivity index (χ1v) is 9.88. The number of anilines is 1. The molecule has 1 amide bonds. The van der Waals surface area contributed by atoms with Gasteiger partial charge in [-0.3, -0.25) is 14.9 Å². The molecule has 6 nitrogen and oxygen atoms in total. The average molecular weight is 411 g/mol. The molecular weight excluding hydrogens is 390 g/mol. The summed E-state index contributed by atoms with van der Waals surface area (Å²) in [6.07, 6.45) is 0. The lowest BCUT2D eigenvalue weighted by Gasteiger charge is -2.15. The minimum Gasteiger partial charge on any atom is -0.322 e. The van der Waals surface area contributed by atoms with Crippen LogP contribution in [0.4, 0.5) is 11.4 Å². The number of rotatable bonds is 4. The molecule has 0 saturated heterocycles. The van der Waals surface area contributed by atoms with Gasteiger partial charge in [0.25, 0.3) is 11.6 Å². The second-order valence-corrected chi connectivity index (χ2v) is 7.56. The molecule has 0 aliphatic carbocycles. The van der Waals surface area contributed by atoms with Crippen LogP contribution in [-0.2, 0) is 0 Å². The molecule has 0 radical (unpaired) electrons. The first-order chi connectivity index (χ1) is 14.8. The topological polar surface area (TPSA) is 85.1 Å². The number of hydrogen-bond acceptors (Lipinski definition) is 4. The zero-order valence-electron chi connectivity index (χ0n) is 17.5. The van der Waals surface area contributed by atoms with Crippen LogP contribution in [0.15, 0.2) is 66.7 Å². The average Bonchev–Trinajstić information content (AvgIpc) is 2.75. The number of para-hydroxylation sites is 1. The first-order valence-electron chi connectivity index (χ1n) is 9.88. The summed E-state index contributed by atoms with van der Waals surface area (Å²) in [5, 5.41) is 14.8. The monoisotopic (exact) mass is 411 g/mol. The van der Waals surface area contributed by atoms with Gasteiger partial charge in [0.05, 0.1) is 21.7 Å². The highest BCUT2D eigenvalue weighted by Gasteiger charge is 2.20. The maximum absolute atomic E-state index is 13.3. The van der Waals surface area contributed by atoms with Gasteiger partial charge in [0.1, 0.15) is 0 Å². The first kappa shape index (κ1) is 20.2. The molecule has 4 aromatic rings. The van der Waals surface area contributed by atoms with E-state index in [1.54, 1.807) is 19.1 Å². The number of aryl methyl sites for hydroxylation is 2. The second kappa shape index (κ2) is 7.99. The quantitative estimate of drug-likeness (QED) is 0.330. The van der Waals surface area contributed by atoms with Gasteiger partial charge in [0.15, 0.2) is 0 Å². The number of nitro benzene ring substituents is 1. The number of hydrogen-bond donors (Lipinski definition) is 1. The van der Waals surface area contributed by atoms with Crippen LogP contribution in [0.2, 0.25) is 0 Å². The van der Waals surface area contributed by atoms with Crippen molar-refractivity contribution in [3.05, 3.63) is 99.1 Å². The molecule has 154 valence electrons. The van der Waals surface area contributed by atoms with Crippen molar-refractivity contribution in [1.29, 1.82) is 0 Å². The number of aromatic nitrogens is 1. The SMILES string of the molecule is Cc1ccc(-c2nc3ccccc3c(C(=O)Nc3ccc(C)c([N+](=O)[O-])c3)c2C)cc1. The minimum absolute atomic E-state index is 0.0329. The lowest BCUT2D eigenvalue weighted by atomic mass is 9.96. The number of benzene rings is 3. The van der Waals surface area contributed by atoms with Gasteiger partial charge in [-0.25, -0.2) is 4.98 Å². The van der Waals surface area contributed by atoms with E-state index in [1.165, 1.54) is 6.07 Å². The number of amides is 1. The fourth-order valence-electron chi connectivity index (χ4n) is 3.67. The fraction of sp³-hybridized carbons (Fsp3) is 0.120. The lowest BCUT2D eigenvalue weighted by Crippen LogP contribution is -2.15. The number of fused-ring (bicyclic) bond motifs is 1. The fourth-order valence-corrected chi connectivity index (χ4v) is 3.67. The highest BCUT2D eigenvalue weighted by Crippen LogP contribution is 2.31. The van der Waals surface area contributed by atoms with Crippen molar-refractivity contribution < 1.29 is 9.72 Å². The Kier molecular flexibility index (Phi) is 5.21. The van der Waals surface area contributed by atoms with E-state index in [0.29, 0.717) is 22.3 Å². The van der Waals surface area contributed by atoms with Gasteiger partial charge in [0, 0.05) is 28.3 Å². The van der Waals surface area contributed by atoms with E-state index < -0.39 is 4.92 Å². The largest absolute Gasteiger partial charge is 0.322 e. The molecule has 0 unspecified atom stereocenters. The van der Waals surface area contributed by atoms with Crippen molar-refractivity contribution in [2.75, 3.05) is 5.32 Å². The molecular formula is C25H21N3O3. The number of carbonyl (C=O) groups is 1. The van der Waals surface area contributed by atoms with Crippen LogP contribution in [0.5, 0.6) is 0 Å². The van der Waals surface area contributed by atoms with Gasteiger partial charge in [-0.15, -0.1) is 0 Å². The van der Waals surface area contributed by atoms with Crippen molar-refractivity contribution in [3.63, 3.8) is 0 Å². The van der Waals surface area contributed by atoms with Gasteiger partial charge in [0.2, 0.25) is 0 Å². The van der Waals surface area contributed by atoms with Crippen molar-refractivity contribution in [1.82, 2.24) is 4.98 Å². The number of nitrogens with zero attached hydrogens (tertiary/aromatic N) is 2. The molecule has 6 heteroatoms. The van der Waals surface area contributed by atoms with Crippen LogP contribution in [0.25, 0.3) is 22.2 Å². The zero-order valence-corrected chi connectivity index (χ0v) is 17.5. The molecule has 0 aliphatic heterocycles. The van der Waals surface area contributed by atoms with Crippen LogP contribution in [0.1, 0.15) is 27.0 Å². The summed E-state index contributed by atoms with van der Waals surface area (Å²) in [6.45, 7) is 5.56. The zero-order chi connectivity index (χ0) is 22.1. The second-order valence-electron chi connectivity index (χ2n) is 7.56. The molecule has 0 aliphatic rings. The summed E-state index contributed by atoms with van der Waals surface area (Å²) < 4.78 is 0. The molecule has 0 saturated carbocycles. The molecule has 0 atom stereocenters. The van der Waals surface area contributed by atoms with Crippen LogP contribution in [0.3, 0.4) is 0 Å².